The molecule has 24 heavy (non-hydrogen) atoms. The van der Waals surface area contributed by atoms with E-state index in [1.807, 2.05) is 0 Å². The average Bonchev–Trinajstić information content (AvgIpc) is 2.54. The molecule has 0 unspecified atom stereocenters. The van der Waals surface area contributed by atoms with Crippen LogP contribution in [0.15, 0.2) is 51.8 Å². The molecule has 3 rings (SSSR count). The van der Waals surface area contributed by atoms with Gasteiger partial charge in [-0.1, -0.05) is 15.9 Å². The molecular formula is C17H17BrN2O3S. The monoisotopic (exact) mass is 408 g/mol. The highest BCUT2D eigenvalue weighted by atomic mass is 79.9. The van der Waals surface area contributed by atoms with E-state index in [1.165, 1.54) is 0 Å². The second kappa shape index (κ2) is 6.57. The molecule has 1 heterocycles. The van der Waals surface area contributed by atoms with Gasteiger partial charge < -0.3 is 4.90 Å². The normalized spacial score (nSPS) is 14.2. The van der Waals surface area contributed by atoms with Crippen molar-refractivity contribution in [3.05, 3.63) is 52.5 Å². The van der Waals surface area contributed by atoms with Crippen molar-refractivity contribution in [2.24, 2.45) is 0 Å². The molecular weight excluding hydrogens is 392 g/mol. The summed E-state index contributed by atoms with van der Waals surface area (Å²) < 4.78 is 28.3. The van der Waals surface area contributed by atoms with Crippen molar-refractivity contribution < 1.29 is 13.2 Å². The van der Waals surface area contributed by atoms with Gasteiger partial charge in [0.05, 0.1) is 4.90 Å². The summed E-state index contributed by atoms with van der Waals surface area (Å²) in [6, 6.07) is 11.8. The van der Waals surface area contributed by atoms with Crippen molar-refractivity contribution >= 4 is 43.2 Å². The molecule has 0 saturated heterocycles. The summed E-state index contributed by atoms with van der Waals surface area (Å²) in [5, 5.41) is 0. The summed E-state index contributed by atoms with van der Waals surface area (Å²) in [5.41, 5.74) is 2.34. The number of nitrogens with one attached hydrogen (secondary N) is 1. The van der Waals surface area contributed by atoms with Gasteiger partial charge in [-0.25, -0.2) is 8.42 Å². The number of carbonyl (C=O) groups is 1. The number of rotatable bonds is 3. The van der Waals surface area contributed by atoms with E-state index in [0.29, 0.717) is 12.2 Å². The second-order valence-electron chi connectivity index (χ2n) is 5.68. The zero-order chi connectivity index (χ0) is 17.3. The molecule has 0 fully saturated rings. The minimum Gasteiger partial charge on any atom is -0.312 e. The molecule has 2 aromatic carbocycles. The number of sulfonamides is 1. The molecule has 1 aliphatic heterocycles. The quantitative estimate of drug-likeness (QED) is 0.843. The summed E-state index contributed by atoms with van der Waals surface area (Å²) in [4.78, 5) is 13.6. The minimum atomic E-state index is -3.64. The first kappa shape index (κ1) is 17.0. The molecule has 0 saturated carbocycles. The van der Waals surface area contributed by atoms with Gasteiger partial charge in [-0.3, -0.25) is 9.52 Å². The molecule has 0 atom stereocenters. The number of halogens is 1. The zero-order valence-corrected chi connectivity index (χ0v) is 15.5. The fourth-order valence-electron chi connectivity index (χ4n) is 2.82. The first-order valence-corrected chi connectivity index (χ1v) is 9.84. The van der Waals surface area contributed by atoms with Gasteiger partial charge in [0.25, 0.3) is 10.0 Å². The maximum Gasteiger partial charge on any atom is 0.261 e. The standard InChI is InChI=1S/C17H17BrN2O3S/c1-12(21)20-10-2-3-13-11-15(6-9-17(13)20)19-24(22,23)16-7-4-14(18)5-8-16/h4-9,11,19H,2-3,10H2,1H3. The molecule has 2 aromatic rings. The van der Waals surface area contributed by atoms with Crippen LogP contribution in [0.3, 0.4) is 0 Å². The van der Waals surface area contributed by atoms with Gasteiger partial charge >= 0.3 is 0 Å². The van der Waals surface area contributed by atoms with Crippen LogP contribution in [0.25, 0.3) is 0 Å². The molecule has 1 amide bonds. The molecule has 126 valence electrons. The maximum atomic E-state index is 12.5. The van der Waals surface area contributed by atoms with Crippen LogP contribution in [0.4, 0.5) is 11.4 Å². The Hall–Kier alpha value is -1.86. The molecule has 0 aromatic heterocycles. The lowest BCUT2D eigenvalue weighted by molar-refractivity contribution is -0.116. The van der Waals surface area contributed by atoms with Gasteiger partial charge in [0, 0.05) is 29.3 Å². The van der Waals surface area contributed by atoms with Gasteiger partial charge in [0.1, 0.15) is 0 Å². The molecule has 0 spiro atoms. The third kappa shape index (κ3) is 3.47. The predicted molar refractivity (Wildman–Crippen MR) is 97.7 cm³/mol. The Morgan fingerprint density at radius 3 is 2.54 bits per heavy atom. The van der Waals surface area contributed by atoms with Crippen molar-refractivity contribution in [3.63, 3.8) is 0 Å². The van der Waals surface area contributed by atoms with Crippen molar-refractivity contribution in [1.29, 1.82) is 0 Å². The summed E-state index contributed by atoms with van der Waals surface area (Å²) in [7, 11) is -3.64. The van der Waals surface area contributed by atoms with Gasteiger partial charge in [-0.15, -0.1) is 0 Å². The highest BCUT2D eigenvalue weighted by Crippen LogP contribution is 2.30. The van der Waals surface area contributed by atoms with Gasteiger partial charge in [-0.05, 0) is 60.9 Å². The minimum absolute atomic E-state index is 0.000793. The van der Waals surface area contributed by atoms with E-state index in [-0.39, 0.29) is 10.8 Å². The van der Waals surface area contributed by atoms with Crippen molar-refractivity contribution in [1.82, 2.24) is 0 Å². The smallest absolute Gasteiger partial charge is 0.261 e. The summed E-state index contributed by atoms with van der Waals surface area (Å²) in [6.45, 7) is 2.24. The number of anilines is 2. The number of hydrogen-bond donors (Lipinski definition) is 1. The number of nitrogens with zero attached hydrogens (tertiary/aromatic N) is 1. The summed E-state index contributed by atoms with van der Waals surface area (Å²) in [6.07, 6.45) is 1.70. The van der Waals surface area contributed by atoms with Crippen LogP contribution in [0.1, 0.15) is 18.9 Å². The first-order chi connectivity index (χ1) is 11.4. The Bertz CT molecular complexity index is 879. The molecule has 5 nitrogen and oxygen atoms in total. The maximum absolute atomic E-state index is 12.5. The first-order valence-electron chi connectivity index (χ1n) is 7.56. The third-order valence-electron chi connectivity index (χ3n) is 3.95. The van der Waals surface area contributed by atoms with Crippen LogP contribution >= 0.6 is 15.9 Å². The number of aryl methyl sites for hydroxylation is 1. The number of fused-ring (bicyclic) bond motifs is 1. The summed E-state index contributed by atoms with van der Waals surface area (Å²) >= 11 is 3.29. The van der Waals surface area contributed by atoms with Crippen molar-refractivity contribution in [2.45, 2.75) is 24.7 Å². The fourth-order valence-corrected chi connectivity index (χ4v) is 4.13. The second-order valence-corrected chi connectivity index (χ2v) is 8.28. The lowest BCUT2D eigenvalue weighted by Gasteiger charge is -2.29. The van der Waals surface area contributed by atoms with E-state index >= 15 is 0 Å². The van der Waals surface area contributed by atoms with E-state index in [2.05, 4.69) is 20.7 Å². The topological polar surface area (TPSA) is 66.5 Å². The summed E-state index contributed by atoms with van der Waals surface area (Å²) in [5.74, 6) is -0.000793. The Kier molecular flexibility index (Phi) is 4.64. The Balaban J connectivity index is 1.89. The lowest BCUT2D eigenvalue weighted by atomic mass is 10.0. The Morgan fingerprint density at radius 1 is 1.17 bits per heavy atom. The van der Waals surface area contributed by atoms with E-state index in [1.54, 1.807) is 54.3 Å². The van der Waals surface area contributed by atoms with Gasteiger partial charge in [-0.2, -0.15) is 0 Å². The van der Waals surface area contributed by atoms with Crippen LogP contribution in [0.5, 0.6) is 0 Å². The van der Waals surface area contributed by atoms with E-state index in [4.69, 9.17) is 0 Å². The average molecular weight is 409 g/mol. The van der Waals surface area contributed by atoms with Gasteiger partial charge in [0.2, 0.25) is 5.91 Å². The number of hydrogen-bond acceptors (Lipinski definition) is 3. The highest BCUT2D eigenvalue weighted by Gasteiger charge is 2.21. The molecule has 0 bridgehead atoms. The largest absolute Gasteiger partial charge is 0.312 e. The Morgan fingerprint density at radius 2 is 1.88 bits per heavy atom. The Labute approximate surface area is 149 Å². The van der Waals surface area contributed by atoms with Crippen molar-refractivity contribution in [2.75, 3.05) is 16.2 Å². The van der Waals surface area contributed by atoms with Crippen LogP contribution in [0, 0.1) is 0 Å². The zero-order valence-electron chi connectivity index (χ0n) is 13.1. The van der Waals surface area contributed by atoms with Crippen LogP contribution in [0.2, 0.25) is 0 Å². The predicted octanol–water partition coefficient (Wildman–Crippen LogP) is 3.55. The number of carbonyl (C=O) groups excluding carboxylic acids is 1. The van der Waals surface area contributed by atoms with E-state index < -0.39 is 10.0 Å². The van der Waals surface area contributed by atoms with Gasteiger partial charge in [0.15, 0.2) is 0 Å². The molecule has 7 heteroatoms. The highest BCUT2D eigenvalue weighted by molar-refractivity contribution is 9.10. The molecule has 1 N–H and O–H groups in total. The molecule has 0 radical (unpaired) electrons. The van der Waals surface area contributed by atoms with Crippen LogP contribution in [-0.4, -0.2) is 20.9 Å². The third-order valence-corrected chi connectivity index (χ3v) is 5.88. The van der Waals surface area contributed by atoms with E-state index in [9.17, 15) is 13.2 Å². The lowest BCUT2D eigenvalue weighted by Crippen LogP contribution is -2.33. The number of benzene rings is 2. The van der Waals surface area contributed by atoms with Crippen LogP contribution < -0.4 is 9.62 Å². The van der Waals surface area contributed by atoms with E-state index in [0.717, 1.165) is 28.6 Å². The molecule has 1 aliphatic rings. The number of amides is 1. The molecule has 0 aliphatic carbocycles. The fraction of sp³-hybridized carbons (Fsp3) is 0.235. The SMILES string of the molecule is CC(=O)N1CCCc2cc(NS(=O)(=O)c3ccc(Br)cc3)ccc21. The van der Waals surface area contributed by atoms with Crippen LogP contribution in [-0.2, 0) is 21.2 Å². The van der Waals surface area contributed by atoms with Crippen molar-refractivity contribution in [3.8, 4) is 0 Å².